The van der Waals surface area contributed by atoms with Crippen LogP contribution in [0.15, 0.2) is 0 Å². The molecule has 0 saturated heterocycles. The van der Waals surface area contributed by atoms with Gasteiger partial charge in [-0.3, -0.25) is 0 Å². The van der Waals surface area contributed by atoms with E-state index in [4.69, 9.17) is 5.73 Å². The van der Waals surface area contributed by atoms with Crippen LogP contribution in [-0.2, 0) is 0 Å². The Morgan fingerprint density at radius 2 is 2.00 bits per heavy atom. The first-order valence-corrected chi connectivity index (χ1v) is 5.39. The number of nitrogens with two attached hydrogens (primary N) is 1. The molecule has 0 amide bonds. The van der Waals surface area contributed by atoms with Crippen molar-refractivity contribution in [3.8, 4) is 0 Å². The molecule has 0 radical (unpaired) electrons. The standard InChI is InChI=1S/C11H23N/c1-4-10-5-8(2)6-11(7-10)9(3)12/h8-11H,4-7,12H2,1-3H3. The van der Waals surface area contributed by atoms with Gasteiger partial charge in [-0.2, -0.15) is 0 Å². The molecule has 1 fully saturated rings. The van der Waals surface area contributed by atoms with Crippen LogP contribution in [-0.4, -0.2) is 6.04 Å². The van der Waals surface area contributed by atoms with E-state index in [1.165, 1.54) is 25.7 Å². The largest absolute Gasteiger partial charge is 0.328 e. The van der Waals surface area contributed by atoms with Crippen LogP contribution >= 0.6 is 0 Å². The van der Waals surface area contributed by atoms with Gasteiger partial charge in [0.05, 0.1) is 0 Å². The van der Waals surface area contributed by atoms with E-state index in [1.54, 1.807) is 0 Å². The van der Waals surface area contributed by atoms with Crippen LogP contribution in [0.5, 0.6) is 0 Å². The molecule has 0 aromatic carbocycles. The summed E-state index contributed by atoms with van der Waals surface area (Å²) < 4.78 is 0. The van der Waals surface area contributed by atoms with Gasteiger partial charge < -0.3 is 5.73 Å². The fraction of sp³-hybridized carbons (Fsp3) is 1.00. The van der Waals surface area contributed by atoms with Gasteiger partial charge in [-0.1, -0.05) is 20.3 Å². The second-order valence-electron chi connectivity index (χ2n) is 4.71. The van der Waals surface area contributed by atoms with Gasteiger partial charge in [0.25, 0.3) is 0 Å². The minimum atomic E-state index is 0.404. The third-order valence-corrected chi connectivity index (χ3v) is 3.40. The number of rotatable bonds is 2. The molecule has 0 aromatic rings. The first kappa shape index (κ1) is 10.0. The molecule has 1 nitrogen and oxygen atoms in total. The van der Waals surface area contributed by atoms with Gasteiger partial charge in [-0.25, -0.2) is 0 Å². The van der Waals surface area contributed by atoms with Gasteiger partial charge in [-0.15, -0.1) is 0 Å². The van der Waals surface area contributed by atoms with Crippen LogP contribution in [0.2, 0.25) is 0 Å². The first-order chi connectivity index (χ1) is 5.63. The van der Waals surface area contributed by atoms with E-state index in [0.717, 1.165) is 17.8 Å². The van der Waals surface area contributed by atoms with Crippen LogP contribution in [0.3, 0.4) is 0 Å². The molecule has 1 aliphatic carbocycles. The van der Waals surface area contributed by atoms with Crippen molar-refractivity contribution in [2.45, 2.75) is 52.5 Å². The second-order valence-corrected chi connectivity index (χ2v) is 4.71. The van der Waals surface area contributed by atoms with Crippen LogP contribution in [0.1, 0.15) is 46.5 Å². The maximum Gasteiger partial charge on any atom is 0.00389 e. The molecule has 0 bridgehead atoms. The Labute approximate surface area is 76.7 Å². The van der Waals surface area contributed by atoms with E-state index in [-0.39, 0.29) is 0 Å². The highest BCUT2D eigenvalue weighted by Gasteiger charge is 2.27. The second kappa shape index (κ2) is 4.27. The van der Waals surface area contributed by atoms with Gasteiger partial charge in [0.15, 0.2) is 0 Å². The zero-order valence-electron chi connectivity index (χ0n) is 8.72. The summed E-state index contributed by atoms with van der Waals surface area (Å²) in [6.07, 6.45) is 5.50. The number of hydrogen-bond acceptors (Lipinski definition) is 1. The molecule has 0 aromatic heterocycles. The molecule has 4 atom stereocenters. The average Bonchev–Trinajstić information content (AvgIpc) is 2.03. The summed E-state index contributed by atoms with van der Waals surface area (Å²) >= 11 is 0. The fourth-order valence-electron chi connectivity index (χ4n) is 2.57. The zero-order valence-corrected chi connectivity index (χ0v) is 8.72. The Kier molecular flexibility index (Phi) is 3.57. The lowest BCUT2D eigenvalue weighted by Crippen LogP contribution is -2.33. The lowest BCUT2D eigenvalue weighted by Gasteiger charge is -2.34. The highest BCUT2D eigenvalue weighted by atomic mass is 14.6. The monoisotopic (exact) mass is 169 g/mol. The van der Waals surface area contributed by atoms with Gasteiger partial charge in [0, 0.05) is 6.04 Å². The van der Waals surface area contributed by atoms with Crippen molar-refractivity contribution in [2.75, 3.05) is 0 Å². The molecular weight excluding hydrogens is 146 g/mol. The van der Waals surface area contributed by atoms with E-state index in [9.17, 15) is 0 Å². The third-order valence-electron chi connectivity index (χ3n) is 3.40. The minimum Gasteiger partial charge on any atom is -0.328 e. The summed E-state index contributed by atoms with van der Waals surface area (Å²) in [4.78, 5) is 0. The quantitative estimate of drug-likeness (QED) is 0.676. The highest BCUT2D eigenvalue weighted by Crippen LogP contribution is 2.35. The van der Waals surface area contributed by atoms with Crippen molar-refractivity contribution in [1.82, 2.24) is 0 Å². The summed E-state index contributed by atoms with van der Waals surface area (Å²) in [5, 5.41) is 0. The van der Waals surface area contributed by atoms with Crippen molar-refractivity contribution in [2.24, 2.45) is 23.5 Å². The Balaban J connectivity index is 2.45. The minimum absolute atomic E-state index is 0.404. The lowest BCUT2D eigenvalue weighted by molar-refractivity contribution is 0.183. The molecule has 1 saturated carbocycles. The van der Waals surface area contributed by atoms with E-state index < -0.39 is 0 Å². The summed E-state index contributed by atoms with van der Waals surface area (Å²) in [7, 11) is 0. The van der Waals surface area contributed by atoms with Crippen molar-refractivity contribution in [1.29, 1.82) is 0 Å². The average molecular weight is 169 g/mol. The Morgan fingerprint density at radius 1 is 1.33 bits per heavy atom. The van der Waals surface area contributed by atoms with Crippen molar-refractivity contribution in [3.05, 3.63) is 0 Å². The predicted octanol–water partition coefficient (Wildman–Crippen LogP) is 2.80. The predicted molar refractivity (Wildman–Crippen MR) is 53.9 cm³/mol. The molecule has 2 N–H and O–H groups in total. The Hall–Kier alpha value is -0.0400. The normalized spacial score (nSPS) is 39.5. The van der Waals surface area contributed by atoms with Gasteiger partial charge in [-0.05, 0) is 43.9 Å². The van der Waals surface area contributed by atoms with Crippen LogP contribution in [0.4, 0.5) is 0 Å². The van der Waals surface area contributed by atoms with E-state index in [1.807, 2.05) is 0 Å². The SMILES string of the molecule is CCC1CC(C)CC(C(C)N)C1. The fourth-order valence-corrected chi connectivity index (χ4v) is 2.57. The molecule has 1 heteroatoms. The topological polar surface area (TPSA) is 26.0 Å². The molecule has 72 valence electrons. The van der Waals surface area contributed by atoms with Crippen LogP contribution < -0.4 is 5.73 Å². The third kappa shape index (κ3) is 2.48. The lowest BCUT2D eigenvalue weighted by atomic mass is 9.73. The van der Waals surface area contributed by atoms with Gasteiger partial charge in [0.2, 0.25) is 0 Å². The van der Waals surface area contributed by atoms with Crippen molar-refractivity contribution >= 4 is 0 Å². The maximum absolute atomic E-state index is 5.95. The smallest absolute Gasteiger partial charge is 0.00389 e. The summed E-state index contributed by atoms with van der Waals surface area (Å²) in [6, 6.07) is 0.404. The zero-order chi connectivity index (χ0) is 9.14. The molecule has 12 heavy (non-hydrogen) atoms. The molecule has 1 aliphatic rings. The van der Waals surface area contributed by atoms with E-state index in [0.29, 0.717) is 6.04 Å². The molecule has 4 unspecified atom stereocenters. The molecule has 0 spiro atoms. The van der Waals surface area contributed by atoms with Gasteiger partial charge >= 0.3 is 0 Å². The summed E-state index contributed by atoms with van der Waals surface area (Å²) in [5.74, 6) is 2.64. The number of hydrogen-bond donors (Lipinski definition) is 1. The first-order valence-electron chi connectivity index (χ1n) is 5.39. The highest BCUT2D eigenvalue weighted by molar-refractivity contribution is 4.80. The summed E-state index contributed by atoms with van der Waals surface area (Å²) in [5.41, 5.74) is 5.95. The van der Waals surface area contributed by atoms with E-state index >= 15 is 0 Å². The van der Waals surface area contributed by atoms with Crippen molar-refractivity contribution in [3.63, 3.8) is 0 Å². The van der Waals surface area contributed by atoms with Crippen molar-refractivity contribution < 1.29 is 0 Å². The molecular formula is C11H23N. The van der Waals surface area contributed by atoms with Gasteiger partial charge in [0.1, 0.15) is 0 Å². The molecule has 1 rings (SSSR count). The Morgan fingerprint density at radius 3 is 2.50 bits per heavy atom. The van der Waals surface area contributed by atoms with Crippen LogP contribution in [0, 0.1) is 17.8 Å². The summed E-state index contributed by atoms with van der Waals surface area (Å²) in [6.45, 7) is 6.84. The molecule has 0 aliphatic heterocycles. The molecule has 0 heterocycles. The van der Waals surface area contributed by atoms with E-state index in [2.05, 4.69) is 20.8 Å². The Bertz CT molecular complexity index is 131. The maximum atomic E-state index is 5.95. The van der Waals surface area contributed by atoms with Crippen LogP contribution in [0.25, 0.3) is 0 Å².